The Morgan fingerprint density at radius 1 is 1.19 bits per heavy atom. The summed E-state index contributed by atoms with van der Waals surface area (Å²) in [4.78, 5) is 26.4. The van der Waals surface area contributed by atoms with Gasteiger partial charge in [-0.2, -0.15) is 0 Å². The largest absolute Gasteiger partial charge is 0.321 e. The van der Waals surface area contributed by atoms with Crippen LogP contribution in [0.1, 0.15) is 17.4 Å². The molecule has 0 aliphatic carbocycles. The van der Waals surface area contributed by atoms with E-state index in [9.17, 15) is 18.0 Å². The van der Waals surface area contributed by atoms with Crippen molar-refractivity contribution in [2.45, 2.75) is 11.8 Å². The van der Waals surface area contributed by atoms with E-state index in [1.54, 1.807) is 5.38 Å². The molecule has 0 atom stereocenters. The maximum Gasteiger partial charge on any atom is 0.275 e. The maximum absolute atomic E-state index is 11.8. The molecule has 0 saturated heterocycles. The Hall–Kier alpha value is -2.26. The molecule has 21 heavy (non-hydrogen) atoms. The van der Waals surface area contributed by atoms with E-state index in [4.69, 9.17) is 0 Å². The number of anilines is 1. The van der Waals surface area contributed by atoms with Gasteiger partial charge in [0.25, 0.3) is 15.9 Å². The van der Waals surface area contributed by atoms with Crippen LogP contribution < -0.4 is 10.0 Å². The van der Waals surface area contributed by atoms with Crippen LogP contribution in [0.25, 0.3) is 0 Å². The van der Waals surface area contributed by atoms with Crippen molar-refractivity contribution in [2.75, 3.05) is 5.32 Å². The van der Waals surface area contributed by atoms with Crippen molar-refractivity contribution in [3.8, 4) is 0 Å². The zero-order valence-corrected chi connectivity index (χ0v) is 12.5. The Morgan fingerprint density at radius 2 is 1.86 bits per heavy atom. The summed E-state index contributed by atoms with van der Waals surface area (Å²) >= 11 is 1.30. The van der Waals surface area contributed by atoms with E-state index in [2.05, 4.69) is 10.3 Å². The number of sulfonamides is 1. The minimum Gasteiger partial charge on any atom is -0.321 e. The molecule has 9 heteroatoms. The van der Waals surface area contributed by atoms with Gasteiger partial charge in [0.15, 0.2) is 0 Å². The second kappa shape index (κ2) is 6.02. The summed E-state index contributed by atoms with van der Waals surface area (Å²) in [6, 6.07) is 5.45. The molecule has 0 saturated carbocycles. The average Bonchev–Trinajstić information content (AvgIpc) is 2.91. The lowest BCUT2D eigenvalue weighted by Crippen LogP contribution is -2.28. The summed E-state index contributed by atoms with van der Waals surface area (Å²) in [5.74, 6) is -1.05. The number of thiazole rings is 1. The van der Waals surface area contributed by atoms with Crippen molar-refractivity contribution in [1.82, 2.24) is 9.71 Å². The van der Waals surface area contributed by atoms with Gasteiger partial charge in [-0.25, -0.2) is 18.1 Å². The molecule has 0 bridgehead atoms. The molecule has 0 aliphatic rings. The number of nitrogens with zero attached hydrogens (tertiary/aromatic N) is 1. The van der Waals surface area contributed by atoms with Crippen molar-refractivity contribution in [2.24, 2.45) is 0 Å². The third-order valence-electron chi connectivity index (χ3n) is 2.37. The topological polar surface area (TPSA) is 105 Å². The number of benzene rings is 1. The highest BCUT2D eigenvalue weighted by Gasteiger charge is 2.15. The molecule has 2 N–H and O–H groups in total. The van der Waals surface area contributed by atoms with E-state index in [0.29, 0.717) is 5.69 Å². The van der Waals surface area contributed by atoms with Crippen LogP contribution in [0.15, 0.2) is 40.1 Å². The fourth-order valence-corrected chi connectivity index (χ4v) is 3.01. The normalized spacial score (nSPS) is 10.9. The third kappa shape index (κ3) is 3.86. The molecular formula is C12H11N3O4S2. The Morgan fingerprint density at radius 3 is 2.38 bits per heavy atom. The highest BCUT2D eigenvalue weighted by molar-refractivity contribution is 7.90. The molecule has 0 unspecified atom stereocenters. The molecule has 0 spiro atoms. The zero-order chi connectivity index (χ0) is 15.5. The Kier molecular flexibility index (Phi) is 4.34. The summed E-state index contributed by atoms with van der Waals surface area (Å²) < 4.78 is 25.3. The standard InChI is InChI=1S/C12H11N3O4S2/c1-8(16)15-21(18,19)10-4-2-9(3-5-10)14-12(17)11-6-20-7-13-11/h2-7H,1H3,(H,14,17)(H,15,16). The first-order chi connectivity index (χ1) is 9.88. The van der Waals surface area contributed by atoms with Crippen LogP contribution >= 0.6 is 11.3 Å². The molecular weight excluding hydrogens is 314 g/mol. The zero-order valence-electron chi connectivity index (χ0n) is 10.9. The summed E-state index contributed by atoms with van der Waals surface area (Å²) in [5, 5.41) is 4.19. The van der Waals surface area contributed by atoms with Crippen molar-refractivity contribution >= 4 is 38.9 Å². The SMILES string of the molecule is CC(=O)NS(=O)(=O)c1ccc(NC(=O)c2cscn2)cc1. The van der Waals surface area contributed by atoms with Gasteiger partial charge >= 0.3 is 0 Å². The number of hydrogen-bond acceptors (Lipinski definition) is 6. The van der Waals surface area contributed by atoms with Gasteiger partial charge < -0.3 is 5.32 Å². The fraction of sp³-hybridized carbons (Fsp3) is 0.0833. The van der Waals surface area contributed by atoms with Crippen molar-refractivity contribution < 1.29 is 18.0 Å². The highest BCUT2D eigenvalue weighted by Crippen LogP contribution is 2.15. The number of rotatable bonds is 4. The van der Waals surface area contributed by atoms with Gasteiger partial charge in [-0.3, -0.25) is 9.59 Å². The minimum absolute atomic E-state index is 0.0654. The first-order valence-electron chi connectivity index (χ1n) is 5.71. The van der Waals surface area contributed by atoms with Gasteiger partial charge in [-0.05, 0) is 24.3 Å². The molecule has 1 aromatic heterocycles. The molecule has 2 amide bonds. The summed E-state index contributed by atoms with van der Waals surface area (Å²) in [5.41, 5.74) is 2.25. The molecule has 2 rings (SSSR count). The molecule has 1 aromatic carbocycles. The van der Waals surface area contributed by atoms with Gasteiger partial charge in [-0.15, -0.1) is 11.3 Å². The molecule has 0 aliphatic heterocycles. The van der Waals surface area contributed by atoms with Crippen molar-refractivity contribution in [3.05, 3.63) is 40.8 Å². The Bertz CT molecular complexity index is 752. The number of carbonyl (C=O) groups is 2. The van der Waals surface area contributed by atoms with E-state index < -0.39 is 15.9 Å². The second-order valence-electron chi connectivity index (χ2n) is 4.01. The summed E-state index contributed by atoms with van der Waals surface area (Å²) in [6.07, 6.45) is 0. The Balaban J connectivity index is 2.12. The highest BCUT2D eigenvalue weighted by atomic mass is 32.2. The van der Waals surface area contributed by atoms with Gasteiger partial charge in [0, 0.05) is 18.0 Å². The van der Waals surface area contributed by atoms with Crippen LogP contribution in [0.2, 0.25) is 0 Å². The maximum atomic E-state index is 11.8. The van der Waals surface area contributed by atoms with E-state index in [0.717, 1.165) is 6.92 Å². The number of aromatic nitrogens is 1. The summed E-state index contributed by atoms with van der Waals surface area (Å²) in [7, 11) is -3.87. The van der Waals surface area contributed by atoms with E-state index in [-0.39, 0.29) is 16.5 Å². The minimum atomic E-state index is -3.87. The van der Waals surface area contributed by atoms with E-state index >= 15 is 0 Å². The van der Waals surface area contributed by atoms with Crippen LogP contribution in [0.3, 0.4) is 0 Å². The Labute approximate surface area is 125 Å². The molecule has 110 valence electrons. The van der Waals surface area contributed by atoms with Gasteiger partial charge in [0.05, 0.1) is 10.4 Å². The van der Waals surface area contributed by atoms with E-state index in [1.807, 2.05) is 4.72 Å². The lowest BCUT2D eigenvalue weighted by Gasteiger charge is -2.06. The molecule has 0 fully saturated rings. The summed E-state index contributed by atoms with van der Waals surface area (Å²) in [6.45, 7) is 1.11. The molecule has 2 aromatic rings. The molecule has 0 radical (unpaired) electrons. The first kappa shape index (κ1) is 15.1. The van der Waals surface area contributed by atoms with E-state index in [1.165, 1.54) is 41.1 Å². The van der Waals surface area contributed by atoms with Crippen LogP contribution in [0, 0.1) is 0 Å². The van der Waals surface area contributed by atoms with Crippen LogP contribution in [0.4, 0.5) is 5.69 Å². The van der Waals surface area contributed by atoms with Crippen molar-refractivity contribution in [1.29, 1.82) is 0 Å². The number of amides is 2. The monoisotopic (exact) mass is 325 g/mol. The molecule has 7 nitrogen and oxygen atoms in total. The lowest BCUT2D eigenvalue weighted by molar-refractivity contribution is -0.117. The fourth-order valence-electron chi connectivity index (χ4n) is 1.49. The van der Waals surface area contributed by atoms with Crippen LogP contribution in [-0.4, -0.2) is 25.2 Å². The lowest BCUT2D eigenvalue weighted by atomic mass is 10.3. The number of carbonyl (C=O) groups excluding carboxylic acids is 2. The van der Waals surface area contributed by atoms with Gasteiger partial charge in [0.1, 0.15) is 5.69 Å². The van der Waals surface area contributed by atoms with Gasteiger partial charge in [0.2, 0.25) is 5.91 Å². The smallest absolute Gasteiger partial charge is 0.275 e. The predicted molar refractivity (Wildman–Crippen MR) is 77.5 cm³/mol. The van der Waals surface area contributed by atoms with Gasteiger partial charge in [-0.1, -0.05) is 0 Å². The van der Waals surface area contributed by atoms with Crippen LogP contribution in [-0.2, 0) is 14.8 Å². The number of nitrogens with one attached hydrogen (secondary N) is 2. The number of hydrogen-bond donors (Lipinski definition) is 2. The molecule has 1 heterocycles. The second-order valence-corrected chi connectivity index (χ2v) is 6.41. The first-order valence-corrected chi connectivity index (χ1v) is 8.14. The third-order valence-corrected chi connectivity index (χ3v) is 4.40. The van der Waals surface area contributed by atoms with Crippen LogP contribution in [0.5, 0.6) is 0 Å². The quantitative estimate of drug-likeness (QED) is 0.879. The average molecular weight is 325 g/mol. The predicted octanol–water partition coefficient (Wildman–Crippen LogP) is 1.22. The van der Waals surface area contributed by atoms with Crippen molar-refractivity contribution in [3.63, 3.8) is 0 Å².